The summed E-state index contributed by atoms with van der Waals surface area (Å²) in [5.74, 6) is 0. The van der Waals surface area contributed by atoms with E-state index >= 15 is 0 Å². The molecule has 31 heavy (non-hydrogen) atoms. The number of sulfonamides is 1. The van der Waals surface area contributed by atoms with E-state index in [0.29, 0.717) is 25.3 Å². The highest BCUT2D eigenvalue weighted by atomic mass is 32.2. The summed E-state index contributed by atoms with van der Waals surface area (Å²) in [6, 6.07) is 12.1. The van der Waals surface area contributed by atoms with Gasteiger partial charge in [-0.3, -0.25) is 15.0 Å². The summed E-state index contributed by atoms with van der Waals surface area (Å²) >= 11 is 0. The molecule has 9 heteroatoms. The average Bonchev–Trinajstić information content (AvgIpc) is 3.32. The Bertz CT molecular complexity index is 1020. The van der Waals surface area contributed by atoms with Crippen molar-refractivity contribution in [2.45, 2.75) is 44.7 Å². The minimum absolute atomic E-state index is 0.0372. The van der Waals surface area contributed by atoms with Crippen LogP contribution in [0.1, 0.15) is 37.8 Å². The van der Waals surface area contributed by atoms with E-state index in [2.05, 4.69) is 30.1 Å². The van der Waals surface area contributed by atoms with Gasteiger partial charge < -0.3 is 5.32 Å². The fraction of sp³-hybridized carbons (Fsp3) is 0.455. The van der Waals surface area contributed by atoms with Crippen LogP contribution in [0.5, 0.6) is 0 Å². The van der Waals surface area contributed by atoms with Crippen molar-refractivity contribution < 1.29 is 13.3 Å². The van der Waals surface area contributed by atoms with Crippen LogP contribution < -0.4 is 5.32 Å². The van der Waals surface area contributed by atoms with E-state index in [1.807, 2.05) is 18.2 Å². The van der Waals surface area contributed by atoms with Crippen LogP contribution in [-0.2, 0) is 23.1 Å². The van der Waals surface area contributed by atoms with E-state index < -0.39 is 14.9 Å². The molecule has 0 aromatic heterocycles. The number of nitro benzene ring substituents is 1. The normalized spacial score (nSPS) is 14.8. The van der Waals surface area contributed by atoms with Crippen molar-refractivity contribution in [1.82, 2.24) is 9.21 Å². The van der Waals surface area contributed by atoms with Crippen LogP contribution in [0.15, 0.2) is 47.4 Å². The van der Waals surface area contributed by atoms with E-state index in [1.165, 1.54) is 22.0 Å². The second-order valence-electron chi connectivity index (χ2n) is 7.63. The van der Waals surface area contributed by atoms with Gasteiger partial charge in [0.15, 0.2) is 0 Å². The summed E-state index contributed by atoms with van der Waals surface area (Å²) in [4.78, 5) is 13.0. The fourth-order valence-electron chi connectivity index (χ4n) is 3.81. The van der Waals surface area contributed by atoms with Gasteiger partial charge in [-0.1, -0.05) is 38.1 Å². The quantitative estimate of drug-likeness (QED) is 0.440. The molecule has 1 aliphatic rings. The van der Waals surface area contributed by atoms with Crippen molar-refractivity contribution in [2.24, 2.45) is 0 Å². The maximum atomic E-state index is 13.2. The summed E-state index contributed by atoms with van der Waals surface area (Å²) < 4.78 is 27.8. The van der Waals surface area contributed by atoms with E-state index in [-0.39, 0.29) is 10.6 Å². The van der Waals surface area contributed by atoms with Crippen molar-refractivity contribution in [2.75, 3.05) is 31.5 Å². The molecule has 0 amide bonds. The topological polar surface area (TPSA) is 95.8 Å². The summed E-state index contributed by atoms with van der Waals surface area (Å²) in [5, 5.41) is 14.5. The third kappa shape index (κ3) is 5.41. The molecule has 0 aliphatic carbocycles. The lowest BCUT2D eigenvalue weighted by Gasteiger charge is -2.21. The number of hydrogen-bond donors (Lipinski definition) is 1. The maximum absolute atomic E-state index is 13.2. The highest BCUT2D eigenvalue weighted by molar-refractivity contribution is 7.89. The lowest BCUT2D eigenvalue weighted by atomic mass is 10.1. The van der Waals surface area contributed by atoms with E-state index in [9.17, 15) is 18.5 Å². The molecule has 0 radical (unpaired) electrons. The summed E-state index contributed by atoms with van der Waals surface area (Å²) in [5.41, 5.74) is 2.39. The molecular formula is C22H30N4O4S. The third-order valence-electron chi connectivity index (χ3n) is 5.73. The number of nitro groups is 1. The van der Waals surface area contributed by atoms with Crippen molar-refractivity contribution in [3.8, 4) is 0 Å². The molecule has 1 N–H and O–H groups in total. The van der Waals surface area contributed by atoms with Crippen molar-refractivity contribution in [3.05, 3.63) is 63.7 Å². The molecule has 0 spiro atoms. The molecule has 0 bridgehead atoms. The van der Waals surface area contributed by atoms with E-state index in [0.717, 1.165) is 44.1 Å². The Hall–Kier alpha value is -2.49. The summed E-state index contributed by atoms with van der Waals surface area (Å²) in [6.07, 6.45) is 1.60. The van der Waals surface area contributed by atoms with Gasteiger partial charge >= 0.3 is 0 Å². The zero-order valence-corrected chi connectivity index (χ0v) is 18.9. The smallest absolute Gasteiger partial charge is 0.270 e. The molecule has 2 aromatic rings. The molecule has 0 unspecified atom stereocenters. The standard InChI is InChI=1S/C22H30N4O4S/c1-3-24(4-2)17-19-10-6-5-9-18(19)16-23-21-12-11-20(26(27)28)15-22(21)31(29,30)25-13-7-8-14-25/h5-6,9-12,15,23H,3-4,7-8,13-14,16-17H2,1-2H3. The SMILES string of the molecule is CCN(CC)Cc1ccccc1CNc1ccc([N+](=O)[O-])cc1S(=O)(=O)N1CCCC1. The van der Waals surface area contributed by atoms with Crippen molar-refractivity contribution in [1.29, 1.82) is 0 Å². The van der Waals surface area contributed by atoms with Gasteiger partial charge in [0.25, 0.3) is 5.69 Å². The molecule has 0 saturated carbocycles. The van der Waals surface area contributed by atoms with E-state index in [4.69, 9.17) is 0 Å². The first-order valence-electron chi connectivity index (χ1n) is 10.7. The number of nitrogens with zero attached hydrogens (tertiary/aromatic N) is 3. The monoisotopic (exact) mass is 446 g/mol. The molecule has 1 aliphatic heterocycles. The van der Waals surface area contributed by atoms with Crippen LogP contribution in [0.2, 0.25) is 0 Å². The predicted molar refractivity (Wildman–Crippen MR) is 121 cm³/mol. The summed E-state index contributed by atoms with van der Waals surface area (Å²) in [6.45, 7) is 8.25. The minimum atomic E-state index is -3.81. The maximum Gasteiger partial charge on any atom is 0.270 e. The van der Waals surface area contributed by atoms with Crippen molar-refractivity contribution >= 4 is 21.4 Å². The van der Waals surface area contributed by atoms with Gasteiger partial charge in [0.05, 0.1) is 10.6 Å². The highest BCUT2D eigenvalue weighted by Crippen LogP contribution is 2.31. The molecule has 168 valence electrons. The van der Waals surface area contributed by atoms with Crippen LogP contribution in [-0.4, -0.2) is 48.7 Å². The van der Waals surface area contributed by atoms with Crippen molar-refractivity contribution in [3.63, 3.8) is 0 Å². The largest absolute Gasteiger partial charge is 0.380 e. The molecule has 8 nitrogen and oxygen atoms in total. The Labute approximate surface area is 184 Å². The van der Waals surface area contributed by atoms with Gasteiger partial charge in [0.2, 0.25) is 10.0 Å². The van der Waals surface area contributed by atoms with Gasteiger partial charge in [-0.2, -0.15) is 4.31 Å². The van der Waals surface area contributed by atoms with Crippen LogP contribution in [0, 0.1) is 10.1 Å². The van der Waals surface area contributed by atoms with Gasteiger partial charge in [-0.25, -0.2) is 8.42 Å². The second-order valence-corrected chi connectivity index (χ2v) is 9.54. The molecule has 0 atom stereocenters. The predicted octanol–water partition coefficient (Wildman–Crippen LogP) is 3.83. The Morgan fingerprint density at radius 3 is 2.32 bits per heavy atom. The second kappa shape index (κ2) is 10.2. The number of nitrogens with one attached hydrogen (secondary N) is 1. The zero-order chi connectivity index (χ0) is 22.4. The number of hydrogen-bond acceptors (Lipinski definition) is 6. The number of rotatable bonds is 10. The van der Waals surface area contributed by atoms with Crippen LogP contribution in [0.25, 0.3) is 0 Å². The molecule has 3 rings (SSSR count). The molecule has 1 saturated heterocycles. The Morgan fingerprint density at radius 2 is 1.71 bits per heavy atom. The van der Waals surface area contributed by atoms with Gasteiger partial charge in [0, 0.05) is 38.3 Å². The first-order chi connectivity index (χ1) is 14.9. The third-order valence-corrected chi connectivity index (χ3v) is 7.67. The van der Waals surface area contributed by atoms with Crippen LogP contribution >= 0.6 is 0 Å². The molecular weight excluding hydrogens is 416 g/mol. The first kappa shape index (κ1) is 23.2. The van der Waals surface area contributed by atoms with Gasteiger partial charge in [-0.15, -0.1) is 0 Å². The lowest BCUT2D eigenvalue weighted by Crippen LogP contribution is -2.28. The number of anilines is 1. The van der Waals surface area contributed by atoms with Gasteiger partial charge in [0.1, 0.15) is 4.90 Å². The Balaban J connectivity index is 1.90. The highest BCUT2D eigenvalue weighted by Gasteiger charge is 2.31. The molecule has 1 fully saturated rings. The van der Waals surface area contributed by atoms with Crippen LogP contribution in [0.3, 0.4) is 0 Å². The first-order valence-corrected chi connectivity index (χ1v) is 12.1. The molecule has 1 heterocycles. The number of benzene rings is 2. The number of non-ortho nitro benzene ring substituents is 1. The van der Waals surface area contributed by atoms with E-state index in [1.54, 1.807) is 0 Å². The van der Waals surface area contributed by atoms with Crippen LogP contribution in [0.4, 0.5) is 11.4 Å². The Morgan fingerprint density at radius 1 is 1.06 bits per heavy atom. The summed E-state index contributed by atoms with van der Waals surface area (Å²) in [7, 11) is -3.81. The molecule has 2 aromatic carbocycles. The average molecular weight is 447 g/mol. The van der Waals surface area contributed by atoms with Gasteiger partial charge in [-0.05, 0) is 43.1 Å². The lowest BCUT2D eigenvalue weighted by molar-refractivity contribution is -0.385. The minimum Gasteiger partial charge on any atom is -0.380 e. The fourth-order valence-corrected chi connectivity index (χ4v) is 5.52. The zero-order valence-electron chi connectivity index (χ0n) is 18.1. The Kier molecular flexibility index (Phi) is 7.64.